The molecule has 1 saturated heterocycles. The smallest absolute Gasteiger partial charge is 0.258 e. The summed E-state index contributed by atoms with van der Waals surface area (Å²) < 4.78 is 11.0. The summed E-state index contributed by atoms with van der Waals surface area (Å²) in [6.45, 7) is 5.21. The molecular weight excluding hydrogens is 394 g/mol. The molecule has 1 aromatic heterocycles. The maximum atomic E-state index is 12.4. The van der Waals surface area contributed by atoms with E-state index in [4.69, 9.17) is 9.15 Å². The third kappa shape index (κ3) is 6.42. The average Bonchev–Trinajstić information content (AvgIpc) is 3.28. The fourth-order valence-electron chi connectivity index (χ4n) is 4.28. The molecule has 1 aliphatic carbocycles. The zero-order valence-corrected chi connectivity index (χ0v) is 17.9. The van der Waals surface area contributed by atoms with Crippen LogP contribution in [0.1, 0.15) is 37.0 Å². The molecular formula is C24H31N3O4. The molecule has 1 aliphatic heterocycles. The summed E-state index contributed by atoms with van der Waals surface area (Å²) in [6.07, 6.45) is 5.66. The van der Waals surface area contributed by atoms with Crippen molar-refractivity contribution in [3.05, 3.63) is 64.2 Å². The van der Waals surface area contributed by atoms with Gasteiger partial charge in [-0.25, -0.2) is 0 Å². The predicted octanol–water partition coefficient (Wildman–Crippen LogP) is 2.40. The van der Waals surface area contributed by atoms with E-state index in [0.717, 1.165) is 58.4 Å². The van der Waals surface area contributed by atoms with Gasteiger partial charge in [0, 0.05) is 44.8 Å². The molecule has 1 N–H and O–H groups in total. The van der Waals surface area contributed by atoms with Gasteiger partial charge in [-0.15, -0.1) is 0 Å². The van der Waals surface area contributed by atoms with E-state index in [1.54, 1.807) is 0 Å². The third-order valence-electron chi connectivity index (χ3n) is 6.02. The maximum Gasteiger partial charge on any atom is 0.258 e. The minimum atomic E-state index is -0.252. The number of benzene rings is 1. The minimum absolute atomic E-state index is 0.0815. The Bertz CT molecular complexity index is 901. The zero-order chi connectivity index (χ0) is 21.5. The van der Waals surface area contributed by atoms with Gasteiger partial charge in [0.2, 0.25) is 11.2 Å². The summed E-state index contributed by atoms with van der Waals surface area (Å²) in [7, 11) is 0. The van der Waals surface area contributed by atoms with Crippen LogP contribution in [0.15, 0.2) is 51.9 Å². The standard InChI is InChI=1S/C24H31N3O4/c28-22-14-21(30-17-23(22)31-18-24(29)25-20-8-4-5-9-20)16-27-12-10-26(11-13-27)15-19-6-2-1-3-7-19/h1-3,6-7,14,17,20H,4-5,8-13,15-16,18H2,(H,25,29). The van der Waals surface area contributed by atoms with E-state index in [9.17, 15) is 9.59 Å². The van der Waals surface area contributed by atoms with Gasteiger partial charge in [-0.3, -0.25) is 19.4 Å². The Morgan fingerprint density at radius 1 is 1.03 bits per heavy atom. The van der Waals surface area contributed by atoms with Crippen LogP contribution in [0.4, 0.5) is 0 Å². The van der Waals surface area contributed by atoms with E-state index in [0.29, 0.717) is 12.3 Å². The average molecular weight is 426 g/mol. The number of amides is 1. The highest BCUT2D eigenvalue weighted by Crippen LogP contribution is 2.17. The van der Waals surface area contributed by atoms with Crippen LogP contribution in [0.3, 0.4) is 0 Å². The summed E-state index contributed by atoms with van der Waals surface area (Å²) >= 11 is 0. The van der Waals surface area contributed by atoms with Crippen molar-refractivity contribution < 1.29 is 13.9 Å². The first-order chi connectivity index (χ1) is 15.2. The normalized spacial score (nSPS) is 18.2. The second-order valence-corrected chi connectivity index (χ2v) is 8.45. The summed E-state index contributed by atoms with van der Waals surface area (Å²) in [5, 5.41) is 2.95. The number of hydrogen-bond donors (Lipinski definition) is 1. The van der Waals surface area contributed by atoms with Crippen molar-refractivity contribution in [2.45, 2.75) is 44.8 Å². The van der Waals surface area contributed by atoms with Gasteiger partial charge in [0.1, 0.15) is 12.0 Å². The molecule has 0 atom stereocenters. The van der Waals surface area contributed by atoms with E-state index >= 15 is 0 Å². The quantitative estimate of drug-likeness (QED) is 0.700. The fourth-order valence-corrected chi connectivity index (χ4v) is 4.28. The lowest BCUT2D eigenvalue weighted by Crippen LogP contribution is -2.45. The number of ether oxygens (including phenoxy) is 1. The largest absolute Gasteiger partial charge is 0.477 e. The Morgan fingerprint density at radius 3 is 2.39 bits per heavy atom. The molecule has 2 aliphatic rings. The maximum absolute atomic E-state index is 12.4. The molecule has 1 aromatic carbocycles. The van der Waals surface area contributed by atoms with Crippen LogP contribution in [0.2, 0.25) is 0 Å². The Kier molecular flexibility index (Phi) is 7.38. The van der Waals surface area contributed by atoms with Gasteiger partial charge >= 0.3 is 0 Å². The molecule has 0 spiro atoms. The van der Waals surface area contributed by atoms with Gasteiger partial charge in [0.25, 0.3) is 5.91 Å². The molecule has 2 heterocycles. The second-order valence-electron chi connectivity index (χ2n) is 8.45. The van der Waals surface area contributed by atoms with Crippen molar-refractivity contribution in [1.82, 2.24) is 15.1 Å². The molecule has 1 saturated carbocycles. The lowest BCUT2D eigenvalue weighted by Gasteiger charge is -2.34. The van der Waals surface area contributed by atoms with Crippen LogP contribution in [-0.4, -0.2) is 54.5 Å². The van der Waals surface area contributed by atoms with Crippen molar-refractivity contribution in [2.75, 3.05) is 32.8 Å². The highest BCUT2D eigenvalue weighted by atomic mass is 16.5. The summed E-state index contributed by atoms with van der Waals surface area (Å²) in [5.41, 5.74) is 1.08. The Morgan fingerprint density at radius 2 is 1.71 bits per heavy atom. The van der Waals surface area contributed by atoms with Gasteiger partial charge in [-0.05, 0) is 18.4 Å². The van der Waals surface area contributed by atoms with Crippen molar-refractivity contribution in [2.24, 2.45) is 0 Å². The van der Waals surface area contributed by atoms with E-state index < -0.39 is 0 Å². The van der Waals surface area contributed by atoms with Crippen LogP contribution in [0.25, 0.3) is 0 Å². The molecule has 0 radical (unpaired) electrons. The lowest BCUT2D eigenvalue weighted by atomic mass is 10.2. The third-order valence-corrected chi connectivity index (χ3v) is 6.02. The number of piperazine rings is 1. The van der Waals surface area contributed by atoms with Gasteiger partial charge in [0.05, 0.1) is 6.54 Å². The first kappa shape index (κ1) is 21.6. The molecule has 7 nitrogen and oxygen atoms in total. The second kappa shape index (κ2) is 10.6. The molecule has 31 heavy (non-hydrogen) atoms. The van der Waals surface area contributed by atoms with E-state index in [-0.39, 0.29) is 29.7 Å². The first-order valence-corrected chi connectivity index (χ1v) is 11.2. The van der Waals surface area contributed by atoms with Crippen LogP contribution in [0.5, 0.6) is 5.75 Å². The topological polar surface area (TPSA) is 75.0 Å². The first-order valence-electron chi connectivity index (χ1n) is 11.2. The van der Waals surface area contributed by atoms with Crippen molar-refractivity contribution in [3.63, 3.8) is 0 Å². The predicted molar refractivity (Wildman–Crippen MR) is 118 cm³/mol. The monoisotopic (exact) mass is 425 g/mol. The molecule has 2 fully saturated rings. The van der Waals surface area contributed by atoms with Crippen LogP contribution >= 0.6 is 0 Å². The number of nitrogens with one attached hydrogen (secondary N) is 1. The van der Waals surface area contributed by atoms with Gasteiger partial charge < -0.3 is 14.5 Å². The van der Waals surface area contributed by atoms with Crippen LogP contribution < -0.4 is 15.5 Å². The van der Waals surface area contributed by atoms with Crippen molar-refractivity contribution >= 4 is 5.91 Å². The highest BCUT2D eigenvalue weighted by molar-refractivity contribution is 5.77. The van der Waals surface area contributed by atoms with Crippen molar-refractivity contribution in [3.8, 4) is 5.75 Å². The lowest BCUT2D eigenvalue weighted by molar-refractivity contribution is -0.123. The minimum Gasteiger partial charge on any atom is -0.477 e. The van der Waals surface area contributed by atoms with Crippen LogP contribution in [0, 0.1) is 0 Å². The highest BCUT2D eigenvalue weighted by Gasteiger charge is 2.19. The summed E-state index contributed by atoms with van der Waals surface area (Å²) in [4.78, 5) is 29.1. The van der Waals surface area contributed by atoms with E-state index in [1.807, 2.05) is 6.07 Å². The fraction of sp³-hybridized carbons (Fsp3) is 0.500. The van der Waals surface area contributed by atoms with E-state index in [2.05, 4.69) is 39.4 Å². The van der Waals surface area contributed by atoms with Crippen molar-refractivity contribution in [1.29, 1.82) is 0 Å². The summed E-state index contributed by atoms with van der Waals surface area (Å²) in [5.74, 6) is 0.506. The zero-order valence-electron chi connectivity index (χ0n) is 17.9. The van der Waals surface area contributed by atoms with Gasteiger partial charge in [-0.1, -0.05) is 43.2 Å². The SMILES string of the molecule is O=C(COc1coc(CN2CCN(Cc3ccccc3)CC2)cc1=O)NC1CCCC1. The van der Waals surface area contributed by atoms with Crippen LogP contribution in [-0.2, 0) is 17.9 Å². The molecule has 0 unspecified atom stereocenters. The molecule has 0 bridgehead atoms. The molecule has 2 aromatic rings. The van der Waals surface area contributed by atoms with E-state index in [1.165, 1.54) is 17.9 Å². The number of carbonyl (C=O) groups excluding carboxylic acids is 1. The summed E-state index contributed by atoms with van der Waals surface area (Å²) in [6, 6.07) is 12.2. The molecule has 1 amide bonds. The number of hydrogen-bond acceptors (Lipinski definition) is 6. The number of carbonyl (C=O) groups is 1. The Hall–Kier alpha value is -2.64. The number of nitrogens with zero attached hydrogens (tertiary/aromatic N) is 2. The number of rotatable bonds is 8. The Balaban J connectivity index is 1.21. The molecule has 7 heteroatoms. The molecule has 166 valence electrons. The molecule has 4 rings (SSSR count). The van der Waals surface area contributed by atoms with Gasteiger partial charge in [-0.2, -0.15) is 0 Å². The Labute approximate surface area is 183 Å². The van der Waals surface area contributed by atoms with Gasteiger partial charge in [0.15, 0.2) is 6.61 Å².